The zero-order chi connectivity index (χ0) is 26.2. The largest absolute Gasteiger partial charge is 0.484 e. The van der Waals surface area contributed by atoms with Crippen LogP contribution >= 0.6 is 0 Å². The molecule has 5 rings (SSSR count). The third kappa shape index (κ3) is 5.18. The number of nitrogens with zero attached hydrogens (tertiary/aromatic N) is 4. The summed E-state index contributed by atoms with van der Waals surface area (Å²) in [6, 6.07) is 8.98. The lowest BCUT2D eigenvalue weighted by Gasteiger charge is -2.23. The molecule has 12 heteroatoms. The van der Waals surface area contributed by atoms with Gasteiger partial charge in [-0.1, -0.05) is 0 Å². The Morgan fingerprint density at radius 3 is 2.73 bits per heavy atom. The van der Waals surface area contributed by atoms with Crippen LogP contribution in [0.5, 0.6) is 5.75 Å². The quantitative estimate of drug-likeness (QED) is 0.524. The first-order valence-electron chi connectivity index (χ1n) is 12.1. The van der Waals surface area contributed by atoms with Crippen molar-refractivity contribution in [3.05, 3.63) is 42.2 Å². The number of halogens is 3. The number of hydrogen-bond acceptors (Lipinski definition) is 5. The van der Waals surface area contributed by atoms with Crippen molar-refractivity contribution in [2.24, 2.45) is 0 Å². The minimum absolute atomic E-state index is 0.0350. The third-order valence-electron chi connectivity index (χ3n) is 6.90. The van der Waals surface area contributed by atoms with Crippen molar-refractivity contribution in [1.29, 1.82) is 0 Å². The van der Waals surface area contributed by atoms with Gasteiger partial charge in [0.2, 0.25) is 0 Å². The second-order valence-electron chi connectivity index (χ2n) is 9.43. The van der Waals surface area contributed by atoms with Gasteiger partial charge in [-0.25, -0.2) is 4.79 Å². The van der Waals surface area contributed by atoms with E-state index < -0.39 is 25.2 Å². The molecule has 2 aliphatic heterocycles. The molecule has 0 saturated carbocycles. The first-order valence-corrected chi connectivity index (χ1v) is 12.1. The van der Waals surface area contributed by atoms with Crippen LogP contribution in [0, 0.1) is 0 Å². The van der Waals surface area contributed by atoms with Crippen molar-refractivity contribution in [2.75, 3.05) is 32.8 Å². The van der Waals surface area contributed by atoms with Crippen LogP contribution in [0.15, 0.2) is 36.5 Å². The molecule has 1 atom stereocenters. The molecule has 0 aliphatic carbocycles. The fourth-order valence-corrected chi connectivity index (χ4v) is 5.06. The van der Waals surface area contributed by atoms with E-state index in [1.54, 1.807) is 29.7 Å². The van der Waals surface area contributed by atoms with Gasteiger partial charge < -0.3 is 20.3 Å². The molecule has 3 amide bonds. The molecular weight excluding hydrogens is 489 g/mol. The number of carbonyl (C=O) groups is 2. The lowest BCUT2D eigenvalue weighted by molar-refractivity contribution is -0.139. The van der Waals surface area contributed by atoms with E-state index >= 15 is 0 Å². The molecule has 0 radical (unpaired) electrons. The van der Waals surface area contributed by atoms with Gasteiger partial charge in [-0.05, 0) is 50.1 Å². The number of aromatic nitrogens is 3. The SMILES string of the molecule is CCNC(=O)N1CCC2(CCn3nc(-c4cnc5ccc(OCC(=O)NCC(F)(F)F)cc5c4)cc32)C1. The highest BCUT2D eigenvalue weighted by molar-refractivity contribution is 5.84. The number of likely N-dealkylation sites (tertiary alicyclic amines) is 1. The molecule has 37 heavy (non-hydrogen) atoms. The normalized spacial score (nSPS) is 18.9. The Morgan fingerprint density at radius 2 is 1.95 bits per heavy atom. The molecule has 9 nitrogen and oxygen atoms in total. The van der Waals surface area contributed by atoms with Crippen LogP contribution in [0.25, 0.3) is 22.2 Å². The van der Waals surface area contributed by atoms with Crippen LogP contribution < -0.4 is 15.4 Å². The fourth-order valence-electron chi connectivity index (χ4n) is 5.06. The average Bonchev–Trinajstić information content (AvgIpc) is 3.57. The van der Waals surface area contributed by atoms with Crippen LogP contribution in [-0.2, 0) is 16.8 Å². The van der Waals surface area contributed by atoms with Gasteiger partial charge in [0.25, 0.3) is 5.91 Å². The number of urea groups is 1. The number of fused-ring (bicyclic) bond motifs is 3. The number of aryl methyl sites for hydroxylation is 1. The lowest BCUT2D eigenvalue weighted by atomic mass is 9.82. The van der Waals surface area contributed by atoms with Crippen LogP contribution in [0.4, 0.5) is 18.0 Å². The van der Waals surface area contributed by atoms with Crippen molar-refractivity contribution < 1.29 is 27.5 Å². The second kappa shape index (κ2) is 9.56. The molecule has 1 saturated heterocycles. The standard InChI is InChI=1S/C25H27F3N6O3/c1-2-29-23(36)33-7-5-24(15-33)6-8-34-21(24)11-20(32-34)17-9-16-10-18(3-4-19(16)30-12-17)37-13-22(35)31-14-25(26,27)28/h3-4,9-12H,2,5-8,13-15H2,1H3,(H,29,36)(H,31,35). The molecule has 1 unspecified atom stereocenters. The van der Waals surface area contributed by atoms with Gasteiger partial charge in [0, 0.05) is 54.4 Å². The molecule has 0 bridgehead atoms. The minimum Gasteiger partial charge on any atom is -0.484 e. The number of pyridine rings is 1. The fraction of sp³-hybridized carbons (Fsp3) is 0.440. The third-order valence-corrected chi connectivity index (χ3v) is 6.90. The Morgan fingerprint density at radius 1 is 1.14 bits per heavy atom. The molecule has 2 aliphatic rings. The highest BCUT2D eigenvalue weighted by atomic mass is 19.4. The molecule has 1 aromatic carbocycles. The Kier molecular flexibility index (Phi) is 6.42. The summed E-state index contributed by atoms with van der Waals surface area (Å²) in [5, 5.41) is 10.2. The summed E-state index contributed by atoms with van der Waals surface area (Å²) in [5.74, 6) is -0.514. The first-order chi connectivity index (χ1) is 17.7. The smallest absolute Gasteiger partial charge is 0.405 e. The van der Waals surface area contributed by atoms with Crippen molar-refractivity contribution >= 4 is 22.8 Å². The van der Waals surface area contributed by atoms with Gasteiger partial charge >= 0.3 is 12.2 Å². The first kappa shape index (κ1) is 24.8. The van der Waals surface area contributed by atoms with E-state index in [0.717, 1.165) is 41.7 Å². The zero-order valence-corrected chi connectivity index (χ0v) is 20.3. The summed E-state index contributed by atoms with van der Waals surface area (Å²) >= 11 is 0. The highest BCUT2D eigenvalue weighted by Gasteiger charge is 2.46. The Labute approximate surface area is 211 Å². The summed E-state index contributed by atoms with van der Waals surface area (Å²) in [5.41, 5.74) is 3.31. The monoisotopic (exact) mass is 516 g/mol. The number of hydrogen-bond donors (Lipinski definition) is 2. The van der Waals surface area contributed by atoms with E-state index in [1.807, 2.05) is 22.6 Å². The summed E-state index contributed by atoms with van der Waals surface area (Å²) in [7, 11) is 0. The van der Waals surface area contributed by atoms with E-state index in [0.29, 0.717) is 30.9 Å². The molecule has 2 N–H and O–H groups in total. The number of benzene rings is 1. The van der Waals surface area contributed by atoms with Gasteiger partial charge in [-0.2, -0.15) is 18.3 Å². The molecular formula is C25H27F3N6O3. The van der Waals surface area contributed by atoms with Gasteiger partial charge in [0.15, 0.2) is 6.61 Å². The van der Waals surface area contributed by atoms with Crippen LogP contribution in [0.1, 0.15) is 25.5 Å². The molecule has 3 aromatic rings. The molecule has 196 valence electrons. The van der Waals surface area contributed by atoms with Crippen molar-refractivity contribution in [3.63, 3.8) is 0 Å². The van der Waals surface area contributed by atoms with E-state index in [4.69, 9.17) is 9.84 Å². The van der Waals surface area contributed by atoms with E-state index in [2.05, 4.69) is 16.4 Å². The molecule has 1 spiro atoms. The minimum atomic E-state index is -4.48. The highest BCUT2D eigenvalue weighted by Crippen LogP contribution is 2.43. The Hall–Kier alpha value is -3.83. The number of carbonyl (C=O) groups excluding carboxylic acids is 2. The Bertz CT molecular complexity index is 1340. The second-order valence-corrected chi connectivity index (χ2v) is 9.43. The number of ether oxygens (including phenoxy) is 1. The predicted octanol–water partition coefficient (Wildman–Crippen LogP) is 3.23. The maximum absolute atomic E-state index is 12.3. The van der Waals surface area contributed by atoms with Crippen LogP contribution in [0.2, 0.25) is 0 Å². The van der Waals surface area contributed by atoms with Gasteiger partial charge in [0.1, 0.15) is 12.3 Å². The summed E-state index contributed by atoms with van der Waals surface area (Å²) in [4.78, 5) is 30.4. The van der Waals surface area contributed by atoms with Crippen LogP contribution in [0.3, 0.4) is 0 Å². The lowest BCUT2D eigenvalue weighted by Crippen LogP contribution is -2.40. The van der Waals surface area contributed by atoms with Crippen molar-refractivity contribution in [3.8, 4) is 17.0 Å². The maximum atomic E-state index is 12.3. The van der Waals surface area contributed by atoms with Crippen LogP contribution in [-0.4, -0.2) is 70.6 Å². The number of amides is 3. The summed E-state index contributed by atoms with van der Waals surface area (Å²) in [6.07, 6.45) is -0.899. The van der Waals surface area contributed by atoms with Gasteiger partial charge in [-0.15, -0.1) is 0 Å². The number of alkyl halides is 3. The zero-order valence-electron chi connectivity index (χ0n) is 20.3. The summed E-state index contributed by atoms with van der Waals surface area (Å²) in [6.45, 7) is 2.73. The number of nitrogens with one attached hydrogen (secondary N) is 2. The molecule has 4 heterocycles. The number of rotatable bonds is 6. The topological polar surface area (TPSA) is 101 Å². The Balaban J connectivity index is 1.31. The predicted molar refractivity (Wildman–Crippen MR) is 129 cm³/mol. The van der Waals surface area contributed by atoms with Crippen molar-refractivity contribution in [1.82, 2.24) is 30.3 Å². The van der Waals surface area contributed by atoms with E-state index in [1.165, 1.54) is 0 Å². The molecule has 1 fully saturated rings. The van der Waals surface area contributed by atoms with E-state index in [-0.39, 0.29) is 11.4 Å². The van der Waals surface area contributed by atoms with E-state index in [9.17, 15) is 22.8 Å². The van der Waals surface area contributed by atoms with Gasteiger partial charge in [-0.3, -0.25) is 14.5 Å². The maximum Gasteiger partial charge on any atom is 0.405 e. The molecule has 2 aromatic heterocycles. The summed E-state index contributed by atoms with van der Waals surface area (Å²) < 4.78 is 44.2. The average molecular weight is 517 g/mol. The van der Waals surface area contributed by atoms with Crippen molar-refractivity contribution in [2.45, 2.75) is 37.9 Å². The van der Waals surface area contributed by atoms with Gasteiger partial charge in [0.05, 0.1) is 11.2 Å².